The van der Waals surface area contributed by atoms with E-state index >= 15 is 0 Å². The minimum Gasteiger partial charge on any atom is -0.508 e. The zero-order chi connectivity index (χ0) is 14.7. The van der Waals surface area contributed by atoms with E-state index in [9.17, 15) is 15.0 Å². The second-order valence-corrected chi connectivity index (χ2v) is 5.29. The van der Waals surface area contributed by atoms with Crippen molar-refractivity contribution >= 4 is 5.91 Å². The van der Waals surface area contributed by atoms with Crippen LogP contribution in [0.3, 0.4) is 0 Å². The van der Waals surface area contributed by atoms with Crippen molar-refractivity contribution in [2.45, 2.75) is 26.3 Å². The first-order valence-electron chi connectivity index (χ1n) is 7.08. The van der Waals surface area contributed by atoms with Gasteiger partial charge in [-0.3, -0.25) is 9.69 Å². The van der Waals surface area contributed by atoms with Crippen LogP contribution in [0.5, 0.6) is 11.5 Å². The van der Waals surface area contributed by atoms with Crippen molar-refractivity contribution in [3.8, 4) is 11.5 Å². The minimum atomic E-state index is -0.175. The third-order valence-electron chi connectivity index (χ3n) is 4.03. The van der Waals surface area contributed by atoms with Gasteiger partial charge >= 0.3 is 0 Å². The van der Waals surface area contributed by atoms with Gasteiger partial charge in [0, 0.05) is 38.3 Å². The Bertz CT molecular complexity index is 482. The Hall–Kier alpha value is -1.75. The Morgan fingerprint density at radius 2 is 1.90 bits per heavy atom. The van der Waals surface area contributed by atoms with Crippen LogP contribution < -0.4 is 0 Å². The summed E-state index contributed by atoms with van der Waals surface area (Å²) in [7, 11) is 0. The van der Waals surface area contributed by atoms with Crippen LogP contribution in [0.15, 0.2) is 18.2 Å². The number of rotatable bonds is 3. The van der Waals surface area contributed by atoms with Crippen molar-refractivity contribution in [3.63, 3.8) is 0 Å². The van der Waals surface area contributed by atoms with Crippen LogP contribution in [0.2, 0.25) is 0 Å². The molecule has 0 bridgehead atoms. The highest BCUT2D eigenvalue weighted by molar-refractivity contribution is 5.97. The van der Waals surface area contributed by atoms with E-state index in [4.69, 9.17) is 0 Å². The number of piperazine rings is 1. The summed E-state index contributed by atoms with van der Waals surface area (Å²) in [6.07, 6.45) is 1.10. The van der Waals surface area contributed by atoms with Gasteiger partial charge in [0.15, 0.2) is 0 Å². The number of hydrogen-bond donors (Lipinski definition) is 2. The summed E-state index contributed by atoms with van der Waals surface area (Å²) in [6.45, 7) is 7.42. The molecular formula is C15H22N2O3. The average Bonchev–Trinajstić information content (AvgIpc) is 2.46. The summed E-state index contributed by atoms with van der Waals surface area (Å²) in [5.41, 5.74) is 0.250. The maximum atomic E-state index is 12.3. The minimum absolute atomic E-state index is 0.0411. The lowest BCUT2D eigenvalue weighted by atomic mass is 10.1. The zero-order valence-electron chi connectivity index (χ0n) is 12.0. The SMILES string of the molecule is CCC(C)N1CCN(C(=O)c2ccc(O)cc2O)CC1. The monoisotopic (exact) mass is 278 g/mol. The number of phenols is 2. The van der Waals surface area contributed by atoms with Crippen molar-refractivity contribution in [3.05, 3.63) is 23.8 Å². The van der Waals surface area contributed by atoms with E-state index in [0.29, 0.717) is 19.1 Å². The fourth-order valence-corrected chi connectivity index (χ4v) is 2.50. The van der Waals surface area contributed by atoms with E-state index in [0.717, 1.165) is 19.5 Å². The second-order valence-electron chi connectivity index (χ2n) is 5.29. The van der Waals surface area contributed by atoms with Gasteiger partial charge in [-0.2, -0.15) is 0 Å². The van der Waals surface area contributed by atoms with Gasteiger partial charge in [0.25, 0.3) is 5.91 Å². The van der Waals surface area contributed by atoms with E-state index in [1.807, 2.05) is 0 Å². The first-order chi connectivity index (χ1) is 9.52. The van der Waals surface area contributed by atoms with Gasteiger partial charge in [-0.1, -0.05) is 6.92 Å². The molecule has 1 aromatic rings. The Balaban J connectivity index is 2.01. The van der Waals surface area contributed by atoms with Gasteiger partial charge in [0.1, 0.15) is 11.5 Å². The van der Waals surface area contributed by atoms with Gasteiger partial charge in [0.2, 0.25) is 0 Å². The van der Waals surface area contributed by atoms with E-state index in [1.54, 1.807) is 4.90 Å². The summed E-state index contributed by atoms with van der Waals surface area (Å²) in [6, 6.07) is 4.62. The van der Waals surface area contributed by atoms with Crippen LogP contribution in [0, 0.1) is 0 Å². The number of amides is 1. The fraction of sp³-hybridized carbons (Fsp3) is 0.533. The van der Waals surface area contributed by atoms with Crippen LogP contribution in [0.4, 0.5) is 0 Å². The standard InChI is InChI=1S/C15H22N2O3/c1-3-11(2)16-6-8-17(9-7-16)15(20)13-5-4-12(18)10-14(13)19/h4-5,10-11,18-19H,3,6-9H2,1-2H3. The molecule has 1 aliphatic heterocycles. The van der Waals surface area contributed by atoms with Crippen molar-refractivity contribution in [1.29, 1.82) is 0 Å². The van der Waals surface area contributed by atoms with Crippen molar-refractivity contribution in [2.24, 2.45) is 0 Å². The third-order valence-corrected chi connectivity index (χ3v) is 4.03. The lowest BCUT2D eigenvalue weighted by Gasteiger charge is -2.37. The molecular weight excluding hydrogens is 256 g/mol. The summed E-state index contributed by atoms with van der Waals surface area (Å²) < 4.78 is 0. The maximum Gasteiger partial charge on any atom is 0.257 e. The number of nitrogens with zero attached hydrogens (tertiary/aromatic N) is 2. The maximum absolute atomic E-state index is 12.3. The van der Waals surface area contributed by atoms with Gasteiger partial charge in [-0.05, 0) is 25.5 Å². The molecule has 110 valence electrons. The summed E-state index contributed by atoms with van der Waals surface area (Å²) >= 11 is 0. The zero-order valence-corrected chi connectivity index (χ0v) is 12.0. The van der Waals surface area contributed by atoms with Crippen LogP contribution in [0.25, 0.3) is 0 Å². The Morgan fingerprint density at radius 3 is 2.45 bits per heavy atom. The van der Waals surface area contributed by atoms with Crippen LogP contribution >= 0.6 is 0 Å². The first kappa shape index (κ1) is 14.7. The second kappa shape index (κ2) is 6.13. The predicted molar refractivity (Wildman–Crippen MR) is 77.0 cm³/mol. The van der Waals surface area contributed by atoms with Gasteiger partial charge in [-0.15, -0.1) is 0 Å². The molecule has 0 spiro atoms. The average molecular weight is 278 g/mol. The normalized spacial score (nSPS) is 18.0. The van der Waals surface area contributed by atoms with Crippen molar-refractivity contribution < 1.29 is 15.0 Å². The molecule has 0 radical (unpaired) electrons. The lowest BCUT2D eigenvalue weighted by molar-refractivity contribution is 0.0577. The molecule has 1 amide bonds. The fourth-order valence-electron chi connectivity index (χ4n) is 2.50. The largest absolute Gasteiger partial charge is 0.508 e. The molecule has 20 heavy (non-hydrogen) atoms. The van der Waals surface area contributed by atoms with Crippen molar-refractivity contribution in [1.82, 2.24) is 9.80 Å². The molecule has 1 fully saturated rings. The molecule has 0 saturated carbocycles. The Morgan fingerprint density at radius 1 is 1.25 bits per heavy atom. The first-order valence-corrected chi connectivity index (χ1v) is 7.08. The van der Waals surface area contributed by atoms with Gasteiger partial charge in [-0.25, -0.2) is 0 Å². The van der Waals surface area contributed by atoms with E-state index in [1.165, 1.54) is 18.2 Å². The number of carbonyl (C=O) groups is 1. The van der Waals surface area contributed by atoms with Gasteiger partial charge < -0.3 is 15.1 Å². The molecule has 1 heterocycles. The third kappa shape index (κ3) is 3.04. The lowest BCUT2D eigenvalue weighted by Crippen LogP contribution is -2.51. The molecule has 1 saturated heterocycles. The molecule has 1 unspecified atom stereocenters. The molecule has 0 aromatic heterocycles. The summed E-state index contributed by atoms with van der Waals surface area (Å²) in [5.74, 6) is -0.383. The quantitative estimate of drug-likeness (QED) is 0.882. The summed E-state index contributed by atoms with van der Waals surface area (Å²) in [4.78, 5) is 16.5. The molecule has 2 rings (SSSR count). The number of carbonyl (C=O) groups excluding carboxylic acids is 1. The Labute approximate surface area is 119 Å². The summed E-state index contributed by atoms with van der Waals surface area (Å²) in [5, 5.41) is 19.0. The van der Waals surface area contributed by atoms with Crippen LogP contribution in [-0.4, -0.2) is 58.1 Å². The molecule has 2 N–H and O–H groups in total. The Kier molecular flexibility index (Phi) is 4.49. The van der Waals surface area contributed by atoms with Gasteiger partial charge in [0.05, 0.1) is 5.56 Å². The van der Waals surface area contributed by atoms with E-state index in [2.05, 4.69) is 18.7 Å². The molecule has 5 nitrogen and oxygen atoms in total. The number of hydrogen-bond acceptors (Lipinski definition) is 4. The van der Waals surface area contributed by atoms with E-state index in [-0.39, 0.29) is 23.0 Å². The number of benzene rings is 1. The van der Waals surface area contributed by atoms with Crippen molar-refractivity contribution in [2.75, 3.05) is 26.2 Å². The molecule has 1 atom stereocenters. The molecule has 5 heteroatoms. The molecule has 0 aliphatic carbocycles. The van der Waals surface area contributed by atoms with E-state index < -0.39 is 0 Å². The number of phenolic OH excluding ortho intramolecular Hbond substituents is 2. The topological polar surface area (TPSA) is 64.0 Å². The highest BCUT2D eigenvalue weighted by atomic mass is 16.3. The predicted octanol–water partition coefficient (Wildman–Crippen LogP) is 1.65. The smallest absolute Gasteiger partial charge is 0.257 e. The highest BCUT2D eigenvalue weighted by Gasteiger charge is 2.25. The van der Waals surface area contributed by atoms with Crippen LogP contribution in [0.1, 0.15) is 30.6 Å². The highest BCUT2D eigenvalue weighted by Crippen LogP contribution is 2.24. The molecule has 1 aromatic carbocycles. The van der Waals surface area contributed by atoms with Crippen LogP contribution in [-0.2, 0) is 0 Å². The molecule has 1 aliphatic rings. The number of aromatic hydroxyl groups is 2.